The van der Waals surface area contributed by atoms with Crippen molar-refractivity contribution in [3.05, 3.63) is 22.8 Å². The summed E-state index contributed by atoms with van der Waals surface area (Å²) in [6.45, 7) is 4.86. The van der Waals surface area contributed by atoms with Crippen molar-refractivity contribution in [2.75, 3.05) is 0 Å². The number of fused-ring (bicyclic) bond motifs is 5. The smallest absolute Gasteiger partial charge is 0.174 e. The Morgan fingerprint density at radius 1 is 1.14 bits per heavy atom. The molecule has 0 aliphatic heterocycles. The van der Waals surface area contributed by atoms with Crippen LogP contribution in [0, 0.1) is 28.6 Å². The number of carbonyl (C=O) groups excluding carboxylic acids is 1. The monoisotopic (exact) mass is 304 g/mol. The Hall–Kier alpha value is -0.560. The van der Waals surface area contributed by atoms with Crippen LogP contribution in [0.2, 0.25) is 0 Å². The molecule has 4 aliphatic rings. The maximum absolute atomic E-state index is 12.0. The maximum Gasteiger partial charge on any atom is 0.174 e. The fraction of sp³-hybridized carbons (Fsp3) is 0.737. The van der Waals surface area contributed by atoms with Gasteiger partial charge in [0.25, 0.3) is 0 Å². The highest BCUT2D eigenvalue weighted by Crippen LogP contribution is 2.64. The second kappa shape index (κ2) is 4.47. The molecule has 1 nitrogen and oxygen atoms in total. The number of hydrogen-bond donors (Lipinski definition) is 0. The van der Waals surface area contributed by atoms with Crippen molar-refractivity contribution in [3.63, 3.8) is 0 Å². The summed E-state index contributed by atoms with van der Waals surface area (Å²) in [5.41, 5.74) is 1.93. The Labute approximate surface area is 132 Å². The Morgan fingerprint density at radius 2 is 1.95 bits per heavy atom. The summed E-state index contributed by atoms with van der Waals surface area (Å²) < 4.78 is 0. The summed E-state index contributed by atoms with van der Waals surface area (Å²) in [6.07, 6.45) is 12.7. The minimum atomic E-state index is 0.186. The molecule has 0 heterocycles. The van der Waals surface area contributed by atoms with Crippen LogP contribution < -0.4 is 0 Å². The fourth-order valence-corrected chi connectivity index (χ4v) is 6.54. The summed E-state index contributed by atoms with van der Waals surface area (Å²) >= 11 is 6.42. The van der Waals surface area contributed by atoms with Crippen LogP contribution >= 0.6 is 11.6 Å². The van der Waals surface area contributed by atoms with Gasteiger partial charge in [-0.2, -0.15) is 0 Å². The van der Waals surface area contributed by atoms with Gasteiger partial charge < -0.3 is 0 Å². The van der Waals surface area contributed by atoms with Gasteiger partial charge in [-0.3, -0.25) is 4.79 Å². The quantitative estimate of drug-likeness (QED) is 0.559. The summed E-state index contributed by atoms with van der Waals surface area (Å²) in [5, 5.41) is 0.597. The number of carbonyl (C=O) groups is 1. The van der Waals surface area contributed by atoms with Crippen molar-refractivity contribution >= 4 is 17.4 Å². The molecule has 5 atom stereocenters. The highest BCUT2D eigenvalue weighted by Gasteiger charge is 2.55. The predicted molar refractivity (Wildman–Crippen MR) is 86.0 cm³/mol. The second-order valence-electron chi connectivity index (χ2n) is 8.23. The highest BCUT2D eigenvalue weighted by molar-refractivity contribution is 6.43. The van der Waals surface area contributed by atoms with Crippen LogP contribution in [0.1, 0.15) is 58.8 Å². The van der Waals surface area contributed by atoms with Gasteiger partial charge in [0.2, 0.25) is 0 Å². The molecule has 3 unspecified atom stereocenters. The van der Waals surface area contributed by atoms with Crippen molar-refractivity contribution in [2.24, 2.45) is 28.6 Å². The zero-order chi connectivity index (χ0) is 14.8. The predicted octanol–water partition coefficient (Wildman–Crippen LogP) is 5.25. The molecule has 2 saturated carbocycles. The molecule has 0 aromatic carbocycles. The van der Waals surface area contributed by atoms with Crippen molar-refractivity contribution < 1.29 is 4.79 Å². The summed E-state index contributed by atoms with van der Waals surface area (Å²) in [5.74, 6) is 2.57. The van der Waals surface area contributed by atoms with Gasteiger partial charge in [0.1, 0.15) is 0 Å². The molecular weight excluding hydrogens is 280 g/mol. The lowest BCUT2D eigenvalue weighted by atomic mass is 9.47. The van der Waals surface area contributed by atoms with E-state index in [-0.39, 0.29) is 11.2 Å². The van der Waals surface area contributed by atoms with Gasteiger partial charge in [0, 0.05) is 6.42 Å². The number of rotatable bonds is 0. The third-order valence-corrected chi connectivity index (χ3v) is 7.82. The SMILES string of the molecule is C[C@@]12C=CCC1C1CCC3=C(Cl)C(=O)CC[C@]3(C)C1CC2. The summed E-state index contributed by atoms with van der Waals surface area (Å²) in [6, 6.07) is 0. The van der Waals surface area contributed by atoms with Gasteiger partial charge >= 0.3 is 0 Å². The minimum Gasteiger partial charge on any atom is -0.293 e. The largest absolute Gasteiger partial charge is 0.293 e. The number of halogens is 1. The molecule has 0 bridgehead atoms. The Balaban J connectivity index is 1.73. The standard InChI is InChI=1S/C19H25ClO/c1-18-9-3-4-13(18)12-5-6-15-17(20)16(21)8-11-19(15,2)14(12)7-10-18/h3,9,12-14H,4-8,10-11H2,1-2H3/t12?,13?,14?,18-,19+/m0/s1. The van der Waals surface area contributed by atoms with Crippen LogP contribution in [0.3, 0.4) is 0 Å². The third-order valence-electron chi connectivity index (χ3n) is 7.38. The Morgan fingerprint density at radius 3 is 2.76 bits per heavy atom. The van der Waals surface area contributed by atoms with Crippen LogP contribution in [-0.2, 0) is 4.79 Å². The van der Waals surface area contributed by atoms with E-state index in [0.29, 0.717) is 16.9 Å². The number of hydrogen-bond acceptors (Lipinski definition) is 1. The molecule has 114 valence electrons. The molecule has 0 N–H and O–H groups in total. The average Bonchev–Trinajstić information content (AvgIpc) is 2.85. The first-order chi connectivity index (χ1) is 9.96. The van der Waals surface area contributed by atoms with E-state index in [9.17, 15) is 4.79 Å². The maximum atomic E-state index is 12.0. The zero-order valence-corrected chi connectivity index (χ0v) is 13.9. The first kappa shape index (κ1) is 14.1. The summed E-state index contributed by atoms with van der Waals surface area (Å²) in [4.78, 5) is 12.0. The normalized spacial score (nSPS) is 48.9. The van der Waals surface area contributed by atoms with Gasteiger partial charge in [-0.25, -0.2) is 0 Å². The molecular formula is C19H25ClO. The molecule has 0 saturated heterocycles. The van der Waals surface area contributed by atoms with Crippen molar-refractivity contribution in [1.29, 1.82) is 0 Å². The van der Waals surface area contributed by atoms with Gasteiger partial charge in [-0.1, -0.05) is 37.6 Å². The van der Waals surface area contributed by atoms with Gasteiger partial charge in [0.05, 0.1) is 5.03 Å². The molecule has 4 rings (SSSR count). The lowest BCUT2D eigenvalue weighted by molar-refractivity contribution is -0.117. The van der Waals surface area contributed by atoms with E-state index in [0.717, 1.165) is 30.6 Å². The van der Waals surface area contributed by atoms with E-state index in [1.54, 1.807) is 0 Å². The molecule has 21 heavy (non-hydrogen) atoms. The number of allylic oxidation sites excluding steroid dienone is 4. The van der Waals surface area contributed by atoms with Gasteiger partial charge in [-0.05, 0) is 72.7 Å². The van der Waals surface area contributed by atoms with Crippen molar-refractivity contribution in [3.8, 4) is 0 Å². The molecule has 0 aromatic rings. The average molecular weight is 305 g/mol. The Bertz CT molecular complexity index is 560. The first-order valence-electron chi connectivity index (χ1n) is 8.56. The van der Waals surface area contributed by atoms with Crippen LogP contribution in [0.25, 0.3) is 0 Å². The van der Waals surface area contributed by atoms with E-state index < -0.39 is 0 Å². The molecule has 2 fully saturated rings. The van der Waals surface area contributed by atoms with Crippen molar-refractivity contribution in [2.45, 2.75) is 58.8 Å². The number of Topliss-reactive ketones (excluding diaryl/α,β-unsaturated/α-hetero) is 1. The van der Waals surface area contributed by atoms with E-state index >= 15 is 0 Å². The third kappa shape index (κ3) is 1.79. The highest BCUT2D eigenvalue weighted by atomic mass is 35.5. The molecule has 4 aliphatic carbocycles. The van der Waals surface area contributed by atoms with Crippen molar-refractivity contribution in [1.82, 2.24) is 0 Å². The van der Waals surface area contributed by atoms with Gasteiger partial charge in [-0.15, -0.1) is 0 Å². The van der Waals surface area contributed by atoms with Crippen LogP contribution in [0.5, 0.6) is 0 Å². The topological polar surface area (TPSA) is 17.1 Å². The molecule has 2 heteroatoms. The first-order valence-corrected chi connectivity index (χ1v) is 8.93. The zero-order valence-electron chi connectivity index (χ0n) is 13.1. The Kier molecular flexibility index (Phi) is 2.99. The molecule has 0 spiro atoms. The molecule has 0 amide bonds. The molecule has 0 aromatic heterocycles. The van der Waals surface area contributed by atoms with E-state index in [4.69, 9.17) is 11.6 Å². The number of ketones is 1. The minimum absolute atomic E-state index is 0.186. The summed E-state index contributed by atoms with van der Waals surface area (Å²) in [7, 11) is 0. The lowest BCUT2D eigenvalue weighted by Crippen LogP contribution is -2.49. The van der Waals surface area contributed by atoms with E-state index in [1.807, 2.05) is 0 Å². The van der Waals surface area contributed by atoms with Crippen LogP contribution in [0.15, 0.2) is 22.8 Å². The van der Waals surface area contributed by atoms with Gasteiger partial charge in [0.15, 0.2) is 5.78 Å². The van der Waals surface area contributed by atoms with E-state index in [2.05, 4.69) is 26.0 Å². The molecule has 0 radical (unpaired) electrons. The fourth-order valence-electron chi connectivity index (χ4n) is 6.13. The van der Waals surface area contributed by atoms with Crippen LogP contribution in [0.4, 0.5) is 0 Å². The van der Waals surface area contributed by atoms with Crippen LogP contribution in [-0.4, -0.2) is 5.78 Å². The lowest BCUT2D eigenvalue weighted by Gasteiger charge is -2.57. The van der Waals surface area contributed by atoms with E-state index in [1.165, 1.54) is 31.3 Å². The second-order valence-corrected chi connectivity index (χ2v) is 8.61.